The maximum absolute atomic E-state index is 13.4. The number of halogens is 1. The van der Waals surface area contributed by atoms with Gasteiger partial charge in [-0.3, -0.25) is 14.4 Å². The van der Waals surface area contributed by atoms with Crippen molar-refractivity contribution in [3.63, 3.8) is 0 Å². The van der Waals surface area contributed by atoms with E-state index in [1.54, 1.807) is 48.5 Å². The van der Waals surface area contributed by atoms with Crippen LogP contribution in [0.3, 0.4) is 0 Å². The van der Waals surface area contributed by atoms with Crippen LogP contribution in [0.2, 0.25) is 5.02 Å². The van der Waals surface area contributed by atoms with E-state index in [0.29, 0.717) is 32.4 Å². The van der Waals surface area contributed by atoms with E-state index in [-0.39, 0.29) is 29.8 Å². The summed E-state index contributed by atoms with van der Waals surface area (Å²) in [5.74, 6) is -1.13. The number of Topliss-reactive ketones (excluding diaryl/α,β-unsaturated/α-hetero) is 1. The first-order valence-corrected chi connectivity index (χ1v) is 11.7. The molecular weight excluding hydrogens is 456 g/mol. The number of benzene rings is 3. The molecule has 2 N–H and O–H groups in total. The normalized spacial score (nSPS) is 15.7. The van der Waals surface area contributed by atoms with Crippen LogP contribution in [-0.4, -0.2) is 23.4 Å². The number of nitrogens with one attached hydrogen (secondary N) is 2. The van der Waals surface area contributed by atoms with Gasteiger partial charge in [-0.05, 0) is 23.8 Å². The lowest BCUT2D eigenvalue weighted by Gasteiger charge is -2.28. The second kappa shape index (κ2) is 10.5. The van der Waals surface area contributed by atoms with Gasteiger partial charge < -0.3 is 10.6 Å². The van der Waals surface area contributed by atoms with Gasteiger partial charge in [-0.25, -0.2) is 0 Å². The number of hydrogen-bond acceptors (Lipinski definition) is 4. The van der Waals surface area contributed by atoms with Crippen LogP contribution in [0.4, 0.5) is 5.69 Å². The summed E-state index contributed by atoms with van der Waals surface area (Å²) in [5, 5.41) is 6.56. The summed E-state index contributed by atoms with van der Waals surface area (Å²) in [5.41, 5.74) is 2.29. The zero-order chi connectivity index (χ0) is 23.2. The van der Waals surface area contributed by atoms with E-state index >= 15 is 0 Å². The minimum absolute atomic E-state index is 0.0803. The highest BCUT2D eigenvalue weighted by molar-refractivity contribution is 8.03. The van der Waals surface area contributed by atoms with Crippen molar-refractivity contribution in [2.24, 2.45) is 0 Å². The smallest absolute Gasteiger partial charge is 0.254 e. The summed E-state index contributed by atoms with van der Waals surface area (Å²) in [6.45, 7) is 0. The molecule has 1 aliphatic rings. The van der Waals surface area contributed by atoms with E-state index in [1.165, 1.54) is 0 Å². The zero-order valence-corrected chi connectivity index (χ0v) is 19.2. The molecule has 0 aliphatic carbocycles. The summed E-state index contributed by atoms with van der Waals surface area (Å²) in [6.07, 6.45) is 0.0813. The summed E-state index contributed by atoms with van der Waals surface area (Å²) in [7, 11) is 0. The number of anilines is 1. The number of ketones is 1. The molecule has 1 atom stereocenters. The molecule has 0 saturated carbocycles. The quantitative estimate of drug-likeness (QED) is 0.447. The third-order valence-corrected chi connectivity index (χ3v) is 6.60. The predicted octanol–water partition coefficient (Wildman–Crippen LogP) is 5.41. The number of amides is 2. The molecular formula is C26H21ClN2O3S. The Hall–Kier alpha value is -3.35. The maximum Gasteiger partial charge on any atom is 0.254 e. The molecule has 2 amide bonds. The molecule has 0 bridgehead atoms. The molecule has 4 rings (SSSR count). The minimum atomic E-state index is -0.537. The van der Waals surface area contributed by atoms with E-state index in [2.05, 4.69) is 10.6 Å². The van der Waals surface area contributed by atoms with Crippen molar-refractivity contribution in [2.45, 2.75) is 12.3 Å². The monoisotopic (exact) mass is 476 g/mol. The molecule has 33 heavy (non-hydrogen) atoms. The third-order valence-electron chi connectivity index (χ3n) is 5.24. The summed E-state index contributed by atoms with van der Waals surface area (Å²) < 4.78 is 0. The van der Waals surface area contributed by atoms with Crippen molar-refractivity contribution in [2.75, 3.05) is 11.1 Å². The molecule has 3 aromatic carbocycles. The highest BCUT2D eigenvalue weighted by Gasteiger charge is 2.35. The van der Waals surface area contributed by atoms with Gasteiger partial charge in [0.2, 0.25) is 5.91 Å². The Labute approximate surface area is 201 Å². The number of carbonyl (C=O) groups excluding carboxylic acids is 3. The average Bonchev–Trinajstić information content (AvgIpc) is 2.83. The largest absolute Gasteiger partial charge is 0.322 e. The topological polar surface area (TPSA) is 75.3 Å². The number of thioether (sulfide) groups is 1. The first-order chi connectivity index (χ1) is 16.0. The fourth-order valence-corrected chi connectivity index (χ4v) is 4.94. The molecule has 3 aromatic rings. The highest BCUT2D eigenvalue weighted by Crippen LogP contribution is 2.39. The maximum atomic E-state index is 13.4. The van der Waals surface area contributed by atoms with Crippen molar-refractivity contribution in [3.05, 3.63) is 112 Å². The highest BCUT2D eigenvalue weighted by atomic mass is 35.5. The summed E-state index contributed by atoms with van der Waals surface area (Å²) >= 11 is 7.59. The summed E-state index contributed by atoms with van der Waals surface area (Å²) in [6, 6.07) is 25.2. The molecule has 5 nitrogen and oxygen atoms in total. The lowest BCUT2D eigenvalue weighted by atomic mass is 9.86. The molecule has 7 heteroatoms. The molecule has 1 heterocycles. The van der Waals surface area contributed by atoms with Crippen LogP contribution < -0.4 is 10.6 Å². The molecule has 166 valence electrons. The van der Waals surface area contributed by atoms with Gasteiger partial charge in [-0.15, -0.1) is 0 Å². The van der Waals surface area contributed by atoms with Gasteiger partial charge in [0.15, 0.2) is 5.78 Å². The number of para-hydroxylation sites is 1. The van der Waals surface area contributed by atoms with Crippen LogP contribution in [0.25, 0.3) is 0 Å². The van der Waals surface area contributed by atoms with E-state index in [4.69, 9.17) is 11.6 Å². The van der Waals surface area contributed by atoms with Crippen LogP contribution >= 0.6 is 23.4 Å². The first-order valence-electron chi connectivity index (χ1n) is 10.4. The van der Waals surface area contributed by atoms with Gasteiger partial charge in [0, 0.05) is 28.6 Å². The van der Waals surface area contributed by atoms with E-state index in [1.807, 2.05) is 36.4 Å². The fourth-order valence-electron chi connectivity index (χ4n) is 3.65. The van der Waals surface area contributed by atoms with Crippen molar-refractivity contribution in [3.8, 4) is 0 Å². The van der Waals surface area contributed by atoms with Crippen molar-refractivity contribution >= 4 is 46.6 Å². The van der Waals surface area contributed by atoms with Crippen LogP contribution in [0.5, 0.6) is 0 Å². The molecule has 0 saturated heterocycles. The molecule has 0 radical (unpaired) electrons. The molecule has 0 spiro atoms. The Balaban J connectivity index is 1.70. The Bertz CT molecular complexity index is 1210. The Morgan fingerprint density at radius 3 is 2.27 bits per heavy atom. The summed E-state index contributed by atoms with van der Waals surface area (Å²) in [4.78, 5) is 38.7. The van der Waals surface area contributed by atoms with Gasteiger partial charge in [0.1, 0.15) is 0 Å². The van der Waals surface area contributed by atoms with E-state index in [0.717, 1.165) is 11.8 Å². The van der Waals surface area contributed by atoms with Crippen LogP contribution in [-0.2, 0) is 9.59 Å². The van der Waals surface area contributed by atoms with Crippen molar-refractivity contribution < 1.29 is 14.4 Å². The molecule has 1 unspecified atom stereocenters. The fraction of sp³-hybridized carbons (Fsp3) is 0.115. The molecule has 1 aliphatic heterocycles. The lowest BCUT2D eigenvalue weighted by molar-refractivity contribution is -0.121. The second-order valence-electron chi connectivity index (χ2n) is 7.47. The number of rotatable bonds is 7. The predicted molar refractivity (Wildman–Crippen MR) is 132 cm³/mol. The van der Waals surface area contributed by atoms with E-state index in [9.17, 15) is 14.4 Å². The Kier molecular flexibility index (Phi) is 7.27. The van der Waals surface area contributed by atoms with Gasteiger partial charge >= 0.3 is 0 Å². The van der Waals surface area contributed by atoms with Crippen LogP contribution in [0.15, 0.2) is 95.5 Å². The Morgan fingerprint density at radius 1 is 0.939 bits per heavy atom. The SMILES string of the molecule is O=C1CC(c2ccccc2Cl)C(C(=O)Nc2ccccc2)=C(SCC(=O)c2ccccc2)N1. The standard InChI is InChI=1S/C26H21ClN2O3S/c27-21-14-8-7-13-19(21)20-15-23(31)29-26(33-16-22(30)17-9-3-1-4-10-17)24(20)25(32)28-18-11-5-2-6-12-18/h1-14,20H,15-16H2,(H,28,32)(H,29,31). The van der Waals surface area contributed by atoms with Gasteiger partial charge in [0.25, 0.3) is 5.91 Å². The van der Waals surface area contributed by atoms with Crippen LogP contribution in [0.1, 0.15) is 28.3 Å². The second-order valence-corrected chi connectivity index (χ2v) is 8.86. The number of hydrogen-bond donors (Lipinski definition) is 2. The van der Waals surface area contributed by atoms with Crippen molar-refractivity contribution in [1.82, 2.24) is 5.32 Å². The van der Waals surface area contributed by atoms with Crippen molar-refractivity contribution in [1.29, 1.82) is 0 Å². The zero-order valence-electron chi connectivity index (χ0n) is 17.6. The average molecular weight is 477 g/mol. The van der Waals surface area contributed by atoms with Gasteiger partial charge in [-0.1, -0.05) is 90.1 Å². The third kappa shape index (κ3) is 5.53. The minimum Gasteiger partial charge on any atom is -0.322 e. The first kappa shape index (κ1) is 22.8. The molecule has 0 aromatic heterocycles. The van der Waals surface area contributed by atoms with Gasteiger partial charge in [0.05, 0.1) is 16.4 Å². The van der Waals surface area contributed by atoms with E-state index < -0.39 is 5.92 Å². The Morgan fingerprint density at radius 2 is 1.58 bits per heavy atom. The molecule has 0 fully saturated rings. The lowest BCUT2D eigenvalue weighted by Crippen LogP contribution is -2.35. The number of carbonyl (C=O) groups is 3. The van der Waals surface area contributed by atoms with Gasteiger partial charge in [-0.2, -0.15) is 0 Å². The van der Waals surface area contributed by atoms with Crippen LogP contribution in [0, 0.1) is 0 Å².